The number of ether oxygens (including phenoxy) is 2. The summed E-state index contributed by atoms with van der Waals surface area (Å²) in [7, 11) is 0. The maximum Gasteiger partial charge on any atom is 0.313 e. The minimum absolute atomic E-state index is 0.00911. The highest BCUT2D eigenvalue weighted by Crippen LogP contribution is 2.14. The molecule has 0 heterocycles. The number of non-ortho nitro benzene ring substituents is 1. The van der Waals surface area contributed by atoms with Gasteiger partial charge in [0, 0.05) is 12.1 Å². The summed E-state index contributed by atoms with van der Waals surface area (Å²) in [5.74, 6) is 0.490. The molecule has 6 nitrogen and oxygen atoms in total. The summed E-state index contributed by atoms with van der Waals surface area (Å²) < 4.78 is 10.2. The zero-order valence-corrected chi connectivity index (χ0v) is 10.5. The molecule has 0 aliphatic heterocycles. The Bertz CT molecular complexity index is 556. The van der Waals surface area contributed by atoms with Crippen LogP contribution < -0.4 is 4.74 Å². The van der Waals surface area contributed by atoms with Crippen molar-refractivity contribution in [2.75, 3.05) is 0 Å². The quantitative estimate of drug-likeness (QED) is 0.497. The normalized spacial score (nSPS) is 11.8. The number of nitro benzene ring substituents is 1. The van der Waals surface area contributed by atoms with Crippen LogP contribution in [0.1, 0.15) is 5.56 Å². The number of aliphatic hydroxyl groups excluding tert-OH is 1. The second kappa shape index (κ2) is 6.65. The minimum atomic E-state index is -1.40. The number of nitrogens with zero attached hydrogens (tertiary/aromatic N) is 1. The third-order valence-corrected chi connectivity index (χ3v) is 2.52. The van der Waals surface area contributed by atoms with Gasteiger partial charge in [-0.1, -0.05) is 18.2 Å². The molecule has 104 valence electrons. The van der Waals surface area contributed by atoms with Gasteiger partial charge < -0.3 is 14.6 Å². The molecule has 6 heteroatoms. The smallest absolute Gasteiger partial charge is 0.313 e. The van der Waals surface area contributed by atoms with Crippen molar-refractivity contribution in [2.24, 2.45) is 0 Å². The van der Waals surface area contributed by atoms with Crippen LogP contribution >= 0.6 is 0 Å². The van der Waals surface area contributed by atoms with Crippen molar-refractivity contribution in [2.45, 2.75) is 13.1 Å². The molecule has 0 saturated heterocycles. The third kappa shape index (κ3) is 4.04. The molecule has 0 fully saturated rings. The van der Waals surface area contributed by atoms with Crippen molar-refractivity contribution in [3.05, 3.63) is 70.3 Å². The third-order valence-electron chi connectivity index (χ3n) is 2.52. The van der Waals surface area contributed by atoms with Gasteiger partial charge in [-0.3, -0.25) is 10.1 Å². The van der Waals surface area contributed by atoms with E-state index in [1.54, 1.807) is 36.4 Å². The van der Waals surface area contributed by atoms with Gasteiger partial charge in [0.15, 0.2) is 0 Å². The molecule has 1 N–H and O–H groups in total. The van der Waals surface area contributed by atoms with Crippen LogP contribution in [-0.2, 0) is 11.3 Å². The van der Waals surface area contributed by atoms with E-state index in [2.05, 4.69) is 0 Å². The number of nitro groups is 1. The Morgan fingerprint density at radius 1 is 1.10 bits per heavy atom. The van der Waals surface area contributed by atoms with Gasteiger partial charge >= 0.3 is 6.48 Å². The van der Waals surface area contributed by atoms with E-state index >= 15 is 0 Å². The number of rotatable bonds is 6. The van der Waals surface area contributed by atoms with E-state index in [9.17, 15) is 15.2 Å². The zero-order valence-electron chi connectivity index (χ0n) is 10.5. The van der Waals surface area contributed by atoms with Crippen molar-refractivity contribution in [3.63, 3.8) is 0 Å². The first-order chi connectivity index (χ1) is 9.65. The molecule has 0 radical (unpaired) electrons. The molecule has 2 aromatic rings. The topological polar surface area (TPSA) is 81.8 Å². The fraction of sp³-hybridized carbons (Fsp3) is 0.143. The molecule has 0 aromatic heterocycles. The van der Waals surface area contributed by atoms with Gasteiger partial charge in [0.1, 0.15) is 5.75 Å². The first-order valence-corrected chi connectivity index (χ1v) is 5.90. The van der Waals surface area contributed by atoms with E-state index in [4.69, 9.17) is 9.47 Å². The monoisotopic (exact) mass is 275 g/mol. The summed E-state index contributed by atoms with van der Waals surface area (Å²) in [6, 6.07) is 14.7. The fourth-order valence-corrected chi connectivity index (χ4v) is 1.53. The van der Waals surface area contributed by atoms with Crippen LogP contribution in [0.25, 0.3) is 0 Å². The Hall–Kier alpha value is -2.44. The molecule has 1 atom stereocenters. The summed E-state index contributed by atoms with van der Waals surface area (Å²) in [6.07, 6.45) is 0. The Morgan fingerprint density at radius 3 is 2.35 bits per heavy atom. The molecule has 0 aliphatic carbocycles. The predicted molar refractivity (Wildman–Crippen MR) is 71.0 cm³/mol. The van der Waals surface area contributed by atoms with Crippen LogP contribution in [0.5, 0.6) is 5.75 Å². The maximum absolute atomic E-state index is 10.5. The highest BCUT2D eigenvalue weighted by Gasteiger charge is 2.08. The number of benzene rings is 2. The molecular weight excluding hydrogens is 262 g/mol. The Balaban J connectivity index is 1.84. The van der Waals surface area contributed by atoms with E-state index in [-0.39, 0.29) is 12.3 Å². The highest BCUT2D eigenvalue weighted by molar-refractivity contribution is 5.32. The van der Waals surface area contributed by atoms with Crippen molar-refractivity contribution in [3.8, 4) is 5.75 Å². The second-order valence-electron chi connectivity index (χ2n) is 3.97. The standard InChI is InChI=1S/C14H13NO5/c16-14(20-13-4-2-1-3-5-13)19-10-11-6-8-12(9-7-11)15(17)18/h1-9,14,16H,10H2. The molecule has 20 heavy (non-hydrogen) atoms. The number of para-hydroxylation sites is 1. The molecule has 2 rings (SSSR count). The van der Waals surface area contributed by atoms with E-state index in [0.717, 1.165) is 0 Å². The number of aliphatic hydroxyl groups is 1. The van der Waals surface area contributed by atoms with Crippen LogP contribution in [0.15, 0.2) is 54.6 Å². The van der Waals surface area contributed by atoms with E-state index in [0.29, 0.717) is 11.3 Å². The van der Waals surface area contributed by atoms with Gasteiger partial charge in [0.25, 0.3) is 5.69 Å². The van der Waals surface area contributed by atoms with Gasteiger partial charge in [-0.25, -0.2) is 0 Å². The van der Waals surface area contributed by atoms with Gasteiger partial charge in [0.05, 0.1) is 11.5 Å². The minimum Gasteiger partial charge on any atom is -0.441 e. The number of hydrogen-bond acceptors (Lipinski definition) is 5. The molecule has 1 unspecified atom stereocenters. The summed E-state index contributed by atoms with van der Waals surface area (Å²) in [6.45, 7) is -1.31. The molecule has 0 aliphatic rings. The van der Waals surface area contributed by atoms with Gasteiger partial charge in [-0.2, -0.15) is 0 Å². The van der Waals surface area contributed by atoms with Gasteiger partial charge in [-0.15, -0.1) is 0 Å². The predicted octanol–water partition coefficient (Wildman–Crippen LogP) is 2.47. The lowest BCUT2D eigenvalue weighted by atomic mass is 10.2. The molecule has 2 aromatic carbocycles. The van der Waals surface area contributed by atoms with Crippen LogP contribution in [0, 0.1) is 10.1 Å². The molecular formula is C14H13NO5. The summed E-state index contributed by atoms with van der Waals surface area (Å²) in [5, 5.41) is 20.0. The van der Waals surface area contributed by atoms with Gasteiger partial charge in [0.2, 0.25) is 0 Å². The molecule has 0 spiro atoms. The van der Waals surface area contributed by atoms with E-state index < -0.39 is 11.4 Å². The second-order valence-corrected chi connectivity index (χ2v) is 3.97. The average molecular weight is 275 g/mol. The lowest BCUT2D eigenvalue weighted by Gasteiger charge is -2.13. The summed E-state index contributed by atoms with van der Waals surface area (Å²) in [5.41, 5.74) is 0.709. The summed E-state index contributed by atoms with van der Waals surface area (Å²) in [4.78, 5) is 10.0. The van der Waals surface area contributed by atoms with Crippen LogP contribution in [0.4, 0.5) is 5.69 Å². The Labute approximate surface area is 115 Å². The lowest BCUT2D eigenvalue weighted by molar-refractivity contribution is -0.384. The van der Waals surface area contributed by atoms with E-state index in [1.165, 1.54) is 12.1 Å². The largest absolute Gasteiger partial charge is 0.441 e. The lowest BCUT2D eigenvalue weighted by Crippen LogP contribution is -2.19. The SMILES string of the molecule is O=[N+]([O-])c1ccc(COC(O)Oc2ccccc2)cc1. The Morgan fingerprint density at radius 2 is 1.75 bits per heavy atom. The maximum atomic E-state index is 10.5. The molecule has 0 bridgehead atoms. The van der Waals surface area contributed by atoms with Crippen molar-refractivity contribution >= 4 is 5.69 Å². The first-order valence-electron chi connectivity index (χ1n) is 5.90. The van der Waals surface area contributed by atoms with Crippen LogP contribution in [0.3, 0.4) is 0 Å². The van der Waals surface area contributed by atoms with Crippen LogP contribution in [0.2, 0.25) is 0 Å². The van der Waals surface area contributed by atoms with Crippen LogP contribution in [-0.4, -0.2) is 16.5 Å². The fourth-order valence-electron chi connectivity index (χ4n) is 1.53. The van der Waals surface area contributed by atoms with E-state index in [1.807, 2.05) is 6.07 Å². The molecule has 0 amide bonds. The number of hydrogen-bond donors (Lipinski definition) is 1. The summed E-state index contributed by atoms with van der Waals surface area (Å²) >= 11 is 0. The van der Waals surface area contributed by atoms with Crippen molar-refractivity contribution in [1.82, 2.24) is 0 Å². The zero-order chi connectivity index (χ0) is 14.4. The van der Waals surface area contributed by atoms with Crippen molar-refractivity contribution in [1.29, 1.82) is 0 Å². The van der Waals surface area contributed by atoms with Crippen molar-refractivity contribution < 1.29 is 19.5 Å². The van der Waals surface area contributed by atoms with Gasteiger partial charge in [-0.05, 0) is 29.8 Å². The Kier molecular flexibility index (Phi) is 4.65. The highest BCUT2D eigenvalue weighted by atomic mass is 16.8. The molecule has 0 saturated carbocycles. The average Bonchev–Trinajstić information content (AvgIpc) is 2.46. The first kappa shape index (κ1) is 14.0.